The van der Waals surface area contributed by atoms with Gasteiger partial charge in [-0.3, -0.25) is 4.79 Å². The van der Waals surface area contributed by atoms with Gasteiger partial charge in [0.05, 0.1) is 6.10 Å². The lowest BCUT2D eigenvalue weighted by molar-refractivity contribution is -0.174. The molecule has 1 heterocycles. The molecule has 92 valence electrons. The minimum absolute atomic E-state index is 0.238. The van der Waals surface area contributed by atoms with Crippen molar-refractivity contribution in [3.05, 3.63) is 0 Å². The first-order valence-electron chi connectivity index (χ1n) is 4.54. The van der Waals surface area contributed by atoms with Gasteiger partial charge in [-0.15, -0.1) is 0 Å². The summed E-state index contributed by atoms with van der Waals surface area (Å²) in [7, 11) is 0. The second kappa shape index (κ2) is 4.69. The smallest absolute Gasteiger partial charge is 0.471 e. The number of carboxylic acids is 1. The highest BCUT2D eigenvalue weighted by molar-refractivity contribution is 5.81. The molecule has 1 saturated heterocycles. The maximum Gasteiger partial charge on any atom is 0.471 e. The van der Waals surface area contributed by atoms with Crippen LogP contribution in [0.5, 0.6) is 0 Å². The van der Waals surface area contributed by atoms with Crippen molar-refractivity contribution in [3.63, 3.8) is 0 Å². The van der Waals surface area contributed by atoms with Gasteiger partial charge in [0.2, 0.25) is 0 Å². The zero-order valence-corrected chi connectivity index (χ0v) is 8.08. The number of carboxylic acid groups (broad SMARTS) is 1. The molecule has 1 aliphatic rings. The summed E-state index contributed by atoms with van der Waals surface area (Å²) in [5, 5.41) is 10.2. The highest BCUT2D eigenvalue weighted by atomic mass is 19.4. The quantitative estimate of drug-likeness (QED) is 0.745. The van der Waals surface area contributed by atoms with Gasteiger partial charge in [0, 0.05) is 6.54 Å². The van der Waals surface area contributed by atoms with Crippen LogP contribution in [-0.4, -0.2) is 41.9 Å². The van der Waals surface area contributed by atoms with Gasteiger partial charge < -0.3 is 15.2 Å². The topological polar surface area (TPSA) is 75.6 Å². The number of hydrogen-bond acceptors (Lipinski definition) is 3. The van der Waals surface area contributed by atoms with E-state index < -0.39 is 30.3 Å². The molecule has 16 heavy (non-hydrogen) atoms. The number of halogens is 3. The normalized spacial score (nSPS) is 25.4. The minimum Gasteiger partial charge on any atom is -0.479 e. The van der Waals surface area contributed by atoms with Gasteiger partial charge >= 0.3 is 18.1 Å². The number of rotatable bonds is 3. The fourth-order valence-electron chi connectivity index (χ4n) is 1.34. The van der Waals surface area contributed by atoms with E-state index in [1.165, 1.54) is 0 Å². The minimum atomic E-state index is -4.93. The molecule has 0 saturated carbocycles. The SMILES string of the molecule is O=C(O)[C@@H]1CC[C@H](CNC(=O)C(F)(F)F)O1. The maximum absolute atomic E-state index is 11.8. The third-order valence-corrected chi connectivity index (χ3v) is 2.13. The van der Waals surface area contributed by atoms with Crippen molar-refractivity contribution in [2.45, 2.75) is 31.2 Å². The fourth-order valence-corrected chi connectivity index (χ4v) is 1.34. The summed E-state index contributed by atoms with van der Waals surface area (Å²) in [6, 6.07) is 0. The molecule has 1 rings (SSSR count). The van der Waals surface area contributed by atoms with Crippen LogP contribution < -0.4 is 5.32 Å². The van der Waals surface area contributed by atoms with Crippen LogP contribution in [0.1, 0.15) is 12.8 Å². The van der Waals surface area contributed by atoms with E-state index in [4.69, 9.17) is 9.84 Å². The molecule has 1 aliphatic heterocycles. The van der Waals surface area contributed by atoms with Crippen LogP contribution in [0.15, 0.2) is 0 Å². The number of aliphatic carboxylic acids is 1. The first-order chi connectivity index (χ1) is 7.30. The van der Waals surface area contributed by atoms with Crippen molar-refractivity contribution in [1.29, 1.82) is 0 Å². The molecule has 0 unspecified atom stereocenters. The lowest BCUT2D eigenvalue weighted by Gasteiger charge is -2.13. The number of carbonyl (C=O) groups excluding carboxylic acids is 1. The Morgan fingerprint density at radius 3 is 2.44 bits per heavy atom. The summed E-state index contributed by atoms with van der Waals surface area (Å²) in [6.45, 7) is -0.331. The molecular weight excluding hydrogens is 231 g/mol. The van der Waals surface area contributed by atoms with Gasteiger partial charge in [-0.2, -0.15) is 13.2 Å². The van der Waals surface area contributed by atoms with Crippen molar-refractivity contribution in [2.75, 3.05) is 6.54 Å². The summed E-state index contributed by atoms with van der Waals surface area (Å²) in [5.74, 6) is -3.19. The van der Waals surface area contributed by atoms with Crippen LogP contribution in [0, 0.1) is 0 Å². The van der Waals surface area contributed by atoms with Gasteiger partial charge in [-0.25, -0.2) is 4.79 Å². The molecule has 0 aromatic carbocycles. The molecule has 0 bridgehead atoms. The first kappa shape index (κ1) is 12.8. The zero-order chi connectivity index (χ0) is 12.3. The average molecular weight is 241 g/mol. The molecule has 0 aliphatic carbocycles. The largest absolute Gasteiger partial charge is 0.479 e. The lowest BCUT2D eigenvalue weighted by atomic mass is 10.2. The predicted molar refractivity (Wildman–Crippen MR) is 44.6 cm³/mol. The van der Waals surface area contributed by atoms with Crippen LogP contribution in [0.4, 0.5) is 13.2 Å². The number of ether oxygens (including phenoxy) is 1. The molecule has 2 atom stereocenters. The van der Waals surface area contributed by atoms with Gasteiger partial charge in [-0.05, 0) is 12.8 Å². The van der Waals surface area contributed by atoms with Crippen molar-refractivity contribution < 1.29 is 32.6 Å². The molecule has 0 aromatic heterocycles. The summed E-state index contributed by atoms with van der Waals surface area (Å²) in [5.41, 5.74) is 0. The summed E-state index contributed by atoms with van der Waals surface area (Å²) in [6.07, 6.45) is -6.04. The third kappa shape index (κ3) is 3.37. The monoisotopic (exact) mass is 241 g/mol. The van der Waals surface area contributed by atoms with E-state index in [9.17, 15) is 22.8 Å². The Balaban J connectivity index is 2.31. The van der Waals surface area contributed by atoms with Crippen molar-refractivity contribution in [2.24, 2.45) is 0 Å². The van der Waals surface area contributed by atoms with E-state index in [-0.39, 0.29) is 13.0 Å². The van der Waals surface area contributed by atoms with E-state index >= 15 is 0 Å². The molecule has 1 fully saturated rings. The number of nitrogens with one attached hydrogen (secondary N) is 1. The Hall–Kier alpha value is -1.31. The van der Waals surface area contributed by atoms with Crippen molar-refractivity contribution >= 4 is 11.9 Å². The molecule has 8 heteroatoms. The third-order valence-electron chi connectivity index (χ3n) is 2.13. The van der Waals surface area contributed by atoms with Crippen LogP contribution in [0.3, 0.4) is 0 Å². The molecule has 0 aromatic rings. The number of hydrogen-bond donors (Lipinski definition) is 2. The molecule has 1 amide bonds. The standard InChI is InChI=1S/C8H10F3NO4/c9-8(10,11)7(15)12-3-4-1-2-5(16-4)6(13)14/h4-5H,1-3H2,(H,12,15)(H,13,14)/t4-,5+/m1/s1. The second-order valence-corrected chi connectivity index (χ2v) is 3.37. The number of carbonyl (C=O) groups is 2. The molecule has 0 radical (unpaired) electrons. The van der Waals surface area contributed by atoms with Gasteiger partial charge in [0.15, 0.2) is 6.10 Å². The van der Waals surface area contributed by atoms with Crippen LogP contribution >= 0.6 is 0 Å². The second-order valence-electron chi connectivity index (χ2n) is 3.37. The van der Waals surface area contributed by atoms with Gasteiger partial charge in [0.25, 0.3) is 0 Å². The number of alkyl halides is 3. The molecule has 2 N–H and O–H groups in total. The maximum atomic E-state index is 11.8. The summed E-state index contributed by atoms with van der Waals surface area (Å²) in [4.78, 5) is 20.9. The predicted octanol–water partition coefficient (Wildman–Crippen LogP) is 0.297. The summed E-state index contributed by atoms with van der Waals surface area (Å²) < 4.78 is 40.2. The van der Waals surface area contributed by atoms with Crippen LogP contribution in [0.2, 0.25) is 0 Å². The Bertz CT molecular complexity index is 291. The molecule has 0 spiro atoms. The molecule has 5 nitrogen and oxygen atoms in total. The average Bonchev–Trinajstić information content (AvgIpc) is 2.60. The summed E-state index contributed by atoms with van der Waals surface area (Å²) >= 11 is 0. The van der Waals surface area contributed by atoms with E-state index in [2.05, 4.69) is 0 Å². The van der Waals surface area contributed by atoms with Crippen LogP contribution in [0.25, 0.3) is 0 Å². The molecular formula is C8H10F3NO4. The van der Waals surface area contributed by atoms with E-state index in [1.807, 2.05) is 0 Å². The zero-order valence-electron chi connectivity index (χ0n) is 8.08. The van der Waals surface area contributed by atoms with E-state index in [0.717, 1.165) is 0 Å². The van der Waals surface area contributed by atoms with Crippen LogP contribution in [-0.2, 0) is 14.3 Å². The first-order valence-corrected chi connectivity index (χ1v) is 4.54. The Kier molecular flexibility index (Phi) is 3.74. The lowest BCUT2D eigenvalue weighted by Crippen LogP contribution is -2.41. The highest BCUT2D eigenvalue weighted by Crippen LogP contribution is 2.20. The Morgan fingerprint density at radius 2 is 2.00 bits per heavy atom. The van der Waals surface area contributed by atoms with Crippen molar-refractivity contribution in [1.82, 2.24) is 5.32 Å². The fraction of sp³-hybridized carbons (Fsp3) is 0.750. The Labute approximate surface area is 88.6 Å². The number of amides is 1. The van der Waals surface area contributed by atoms with Crippen molar-refractivity contribution in [3.8, 4) is 0 Å². The van der Waals surface area contributed by atoms with E-state index in [0.29, 0.717) is 6.42 Å². The van der Waals surface area contributed by atoms with Gasteiger partial charge in [-0.1, -0.05) is 0 Å². The van der Waals surface area contributed by atoms with E-state index in [1.54, 1.807) is 5.32 Å². The van der Waals surface area contributed by atoms with Gasteiger partial charge in [0.1, 0.15) is 0 Å². The Morgan fingerprint density at radius 1 is 1.38 bits per heavy atom. The highest BCUT2D eigenvalue weighted by Gasteiger charge is 2.39.